The second kappa shape index (κ2) is 5.17. The molecule has 2 nitrogen and oxygen atoms in total. The van der Waals surface area contributed by atoms with Crippen molar-refractivity contribution in [1.29, 1.82) is 0 Å². The van der Waals surface area contributed by atoms with Gasteiger partial charge < -0.3 is 10.4 Å². The van der Waals surface area contributed by atoms with E-state index in [1.807, 2.05) is 13.8 Å². The fourth-order valence-electron chi connectivity index (χ4n) is 1.27. The van der Waals surface area contributed by atoms with Crippen molar-refractivity contribution in [3.63, 3.8) is 0 Å². The summed E-state index contributed by atoms with van der Waals surface area (Å²) >= 11 is 5.24. The highest BCUT2D eigenvalue weighted by atomic mass is 79.9. The van der Waals surface area contributed by atoms with Crippen LogP contribution in [0.5, 0.6) is 0 Å². The molecule has 4 heteroatoms. The number of thiophene rings is 1. The molecule has 0 fully saturated rings. The van der Waals surface area contributed by atoms with E-state index < -0.39 is 0 Å². The van der Waals surface area contributed by atoms with Gasteiger partial charge in [0, 0.05) is 32.2 Å². The molecule has 0 aliphatic heterocycles. The summed E-state index contributed by atoms with van der Waals surface area (Å²) < 4.78 is 1.14. The molecule has 1 aromatic rings. The second-order valence-corrected chi connectivity index (χ2v) is 7.24. The smallest absolute Gasteiger partial charge is 0.0607 e. The molecule has 0 saturated heterocycles. The minimum atomic E-state index is -0.217. The first-order valence-corrected chi connectivity index (χ1v) is 7.04. The number of halogens is 1. The van der Waals surface area contributed by atoms with Gasteiger partial charge in [-0.3, -0.25) is 0 Å². The third-order valence-corrected chi connectivity index (χ3v) is 4.70. The number of aliphatic hydroxyl groups excluding tert-OH is 1. The lowest BCUT2D eigenvalue weighted by Crippen LogP contribution is -2.47. The van der Waals surface area contributed by atoms with Crippen LogP contribution in [0.3, 0.4) is 0 Å². The van der Waals surface area contributed by atoms with Crippen LogP contribution in [0, 0.1) is 0 Å². The molecule has 16 heavy (non-hydrogen) atoms. The van der Waals surface area contributed by atoms with Gasteiger partial charge in [-0.1, -0.05) is 13.8 Å². The van der Waals surface area contributed by atoms with E-state index in [-0.39, 0.29) is 17.6 Å². The van der Waals surface area contributed by atoms with Crippen molar-refractivity contribution in [3.8, 4) is 0 Å². The summed E-state index contributed by atoms with van der Waals surface area (Å²) in [5.41, 5.74) is -0.130. The lowest BCUT2D eigenvalue weighted by Gasteiger charge is -2.31. The molecule has 0 spiro atoms. The molecule has 0 amide bonds. The molecule has 2 N–H and O–H groups in total. The molecule has 1 aromatic heterocycles. The average molecular weight is 306 g/mol. The highest BCUT2D eigenvalue weighted by molar-refractivity contribution is 9.10. The number of aliphatic hydroxyl groups is 1. The van der Waals surface area contributed by atoms with Crippen molar-refractivity contribution in [2.45, 2.75) is 38.6 Å². The summed E-state index contributed by atoms with van der Waals surface area (Å²) in [6.07, 6.45) is 0. The molecule has 0 aliphatic carbocycles. The lowest BCUT2D eigenvalue weighted by molar-refractivity contribution is 0.182. The van der Waals surface area contributed by atoms with Gasteiger partial charge in [0.15, 0.2) is 0 Å². The molecule has 0 unspecified atom stereocenters. The van der Waals surface area contributed by atoms with Crippen LogP contribution in [0.1, 0.15) is 32.6 Å². The van der Waals surface area contributed by atoms with Gasteiger partial charge in [0.1, 0.15) is 0 Å². The summed E-state index contributed by atoms with van der Waals surface area (Å²) in [7, 11) is 0. The Kier molecular flexibility index (Phi) is 4.57. The van der Waals surface area contributed by atoms with Crippen molar-refractivity contribution in [2.24, 2.45) is 0 Å². The monoisotopic (exact) mass is 305 g/mol. The fraction of sp³-hybridized carbons (Fsp3) is 0.667. The summed E-state index contributed by atoms with van der Waals surface area (Å²) in [4.78, 5) is 1.35. The molecule has 0 saturated carbocycles. The van der Waals surface area contributed by atoms with Crippen LogP contribution in [0.2, 0.25) is 0 Å². The number of hydrogen-bond acceptors (Lipinski definition) is 3. The normalized spacial score (nSPS) is 13.1. The van der Waals surface area contributed by atoms with Gasteiger partial charge in [0.2, 0.25) is 0 Å². The summed E-state index contributed by atoms with van der Waals surface area (Å²) in [6, 6.07) is 2.16. The summed E-state index contributed by atoms with van der Waals surface area (Å²) in [5, 5.41) is 14.7. The van der Waals surface area contributed by atoms with E-state index in [0.717, 1.165) is 11.0 Å². The molecule has 0 aliphatic rings. The van der Waals surface area contributed by atoms with Gasteiger partial charge in [-0.05, 0) is 35.8 Å². The molecule has 0 aromatic carbocycles. The Morgan fingerprint density at radius 2 is 2.00 bits per heavy atom. The maximum atomic E-state index is 9.20. The minimum absolute atomic E-state index is 0.0864. The van der Waals surface area contributed by atoms with E-state index in [9.17, 15) is 5.11 Å². The standard InChI is InChI=1S/C12H20BrNOS/c1-11(2,7-14-12(3,4)8-15)10-5-9(13)6-16-10/h5-6,14-15H,7-8H2,1-4H3. The molecule has 92 valence electrons. The van der Waals surface area contributed by atoms with E-state index in [1.165, 1.54) is 4.88 Å². The van der Waals surface area contributed by atoms with E-state index in [4.69, 9.17) is 0 Å². The quantitative estimate of drug-likeness (QED) is 0.876. The third-order valence-electron chi connectivity index (χ3n) is 2.64. The predicted molar refractivity (Wildman–Crippen MR) is 74.2 cm³/mol. The molecular weight excluding hydrogens is 286 g/mol. The Morgan fingerprint density at radius 3 is 2.44 bits per heavy atom. The predicted octanol–water partition coefficient (Wildman–Crippen LogP) is 3.15. The van der Waals surface area contributed by atoms with Gasteiger partial charge >= 0.3 is 0 Å². The van der Waals surface area contributed by atoms with Crippen LogP contribution < -0.4 is 5.32 Å². The Bertz CT molecular complexity index is 347. The van der Waals surface area contributed by atoms with Crippen LogP contribution in [0.15, 0.2) is 15.9 Å². The first kappa shape index (κ1) is 14.2. The van der Waals surface area contributed by atoms with Gasteiger partial charge in [0.05, 0.1) is 6.61 Å². The Balaban J connectivity index is 2.65. The zero-order valence-corrected chi connectivity index (χ0v) is 12.7. The third kappa shape index (κ3) is 3.84. The SMILES string of the molecule is CC(C)(CO)NCC(C)(C)c1cc(Br)cs1. The first-order valence-electron chi connectivity index (χ1n) is 5.37. The van der Waals surface area contributed by atoms with Crippen LogP contribution in [0.25, 0.3) is 0 Å². The number of rotatable bonds is 5. The molecule has 1 rings (SSSR count). The average Bonchev–Trinajstić information content (AvgIpc) is 2.63. The van der Waals surface area contributed by atoms with Crippen molar-refractivity contribution < 1.29 is 5.11 Å². The van der Waals surface area contributed by atoms with Crippen molar-refractivity contribution in [3.05, 3.63) is 20.8 Å². The van der Waals surface area contributed by atoms with Gasteiger partial charge in [-0.25, -0.2) is 0 Å². The number of hydrogen-bond donors (Lipinski definition) is 2. The van der Waals surface area contributed by atoms with Crippen LogP contribution in [0.4, 0.5) is 0 Å². The fourth-order valence-corrected chi connectivity index (χ4v) is 2.83. The maximum absolute atomic E-state index is 9.20. The molecule has 0 bridgehead atoms. The lowest BCUT2D eigenvalue weighted by atomic mass is 9.90. The van der Waals surface area contributed by atoms with Crippen LogP contribution >= 0.6 is 27.3 Å². The van der Waals surface area contributed by atoms with E-state index in [2.05, 4.69) is 46.5 Å². The largest absolute Gasteiger partial charge is 0.394 e. The molecule has 0 atom stereocenters. The van der Waals surface area contributed by atoms with Gasteiger partial charge in [-0.15, -0.1) is 11.3 Å². The summed E-state index contributed by atoms with van der Waals surface area (Å²) in [5.74, 6) is 0. The Labute approximate surface area is 110 Å². The van der Waals surface area contributed by atoms with E-state index in [1.54, 1.807) is 11.3 Å². The summed E-state index contributed by atoms with van der Waals surface area (Å²) in [6.45, 7) is 9.45. The Hall–Kier alpha value is 0.1000. The zero-order valence-electron chi connectivity index (χ0n) is 10.3. The van der Waals surface area contributed by atoms with Crippen molar-refractivity contribution in [1.82, 2.24) is 5.32 Å². The van der Waals surface area contributed by atoms with E-state index >= 15 is 0 Å². The maximum Gasteiger partial charge on any atom is 0.0607 e. The van der Waals surface area contributed by atoms with Gasteiger partial charge in [-0.2, -0.15) is 0 Å². The van der Waals surface area contributed by atoms with Crippen molar-refractivity contribution >= 4 is 27.3 Å². The highest BCUT2D eigenvalue weighted by Crippen LogP contribution is 2.31. The van der Waals surface area contributed by atoms with Crippen LogP contribution in [-0.4, -0.2) is 23.8 Å². The minimum Gasteiger partial charge on any atom is -0.394 e. The van der Waals surface area contributed by atoms with Crippen LogP contribution in [-0.2, 0) is 5.41 Å². The highest BCUT2D eigenvalue weighted by Gasteiger charge is 2.25. The molecular formula is C12H20BrNOS. The van der Waals surface area contributed by atoms with Crippen molar-refractivity contribution in [2.75, 3.05) is 13.2 Å². The Morgan fingerprint density at radius 1 is 1.38 bits per heavy atom. The first-order chi connectivity index (χ1) is 7.27. The number of nitrogens with one attached hydrogen (secondary N) is 1. The van der Waals surface area contributed by atoms with E-state index in [0.29, 0.717) is 0 Å². The second-order valence-electron chi connectivity index (χ2n) is 5.41. The van der Waals surface area contributed by atoms with Gasteiger partial charge in [0.25, 0.3) is 0 Å². The topological polar surface area (TPSA) is 32.3 Å². The molecule has 1 heterocycles. The zero-order chi connectivity index (χ0) is 12.4. The molecule has 0 radical (unpaired) electrons.